The van der Waals surface area contributed by atoms with Crippen molar-refractivity contribution in [2.24, 2.45) is 0 Å². The Kier molecular flexibility index (Phi) is 2.92. The lowest BCUT2D eigenvalue weighted by Gasteiger charge is -2.06. The number of nitriles is 1. The number of pyridine rings is 1. The molecule has 0 aliphatic heterocycles. The minimum absolute atomic E-state index is 0.246. The highest BCUT2D eigenvalue weighted by atomic mass is 19.3. The lowest BCUT2D eigenvalue weighted by Crippen LogP contribution is -1.98. The minimum Gasteiger partial charge on any atom is -0.505 e. The molecular weight excluding hydrogens is 197 g/mol. The normalized spacial score (nSPS) is 10.2. The summed E-state index contributed by atoms with van der Waals surface area (Å²) in [5.74, 6) is -2.22. The Morgan fingerprint density at radius 1 is 1.57 bits per heavy atom. The molecule has 1 heterocycles. The van der Waals surface area contributed by atoms with Crippen LogP contribution >= 0.6 is 0 Å². The molecule has 1 aromatic rings. The predicted octanol–water partition coefficient (Wildman–Crippen LogP) is 1.93. The van der Waals surface area contributed by atoms with Crippen LogP contribution in [-0.4, -0.2) is 10.1 Å². The van der Waals surface area contributed by atoms with E-state index in [4.69, 9.17) is 10.4 Å². The molecule has 0 aliphatic rings. The summed E-state index contributed by atoms with van der Waals surface area (Å²) >= 11 is 0. The summed E-state index contributed by atoms with van der Waals surface area (Å²) in [6.45, 7) is 0. The SMILES string of the molecule is N#CCc1ncc(F)c(C(F)F)c1O. The molecule has 0 radical (unpaired) electrons. The third-order valence-corrected chi connectivity index (χ3v) is 1.58. The minimum atomic E-state index is -3.13. The summed E-state index contributed by atoms with van der Waals surface area (Å²) < 4.78 is 37.1. The Hall–Kier alpha value is -1.77. The smallest absolute Gasteiger partial charge is 0.270 e. The van der Waals surface area contributed by atoms with Crippen molar-refractivity contribution in [3.05, 3.63) is 23.3 Å². The van der Waals surface area contributed by atoms with Crippen LogP contribution in [0.5, 0.6) is 5.75 Å². The van der Waals surface area contributed by atoms with E-state index in [0.29, 0.717) is 6.20 Å². The average molecular weight is 202 g/mol. The Bertz CT molecular complexity index is 387. The Morgan fingerprint density at radius 3 is 2.71 bits per heavy atom. The molecule has 0 saturated carbocycles. The monoisotopic (exact) mass is 202 g/mol. The van der Waals surface area contributed by atoms with Gasteiger partial charge in [-0.2, -0.15) is 5.26 Å². The van der Waals surface area contributed by atoms with Gasteiger partial charge in [-0.05, 0) is 0 Å². The molecular formula is C8H5F3N2O. The van der Waals surface area contributed by atoms with Crippen LogP contribution in [0.3, 0.4) is 0 Å². The quantitative estimate of drug-likeness (QED) is 0.797. The van der Waals surface area contributed by atoms with E-state index < -0.39 is 23.6 Å². The first kappa shape index (κ1) is 10.3. The second-order valence-electron chi connectivity index (χ2n) is 2.45. The van der Waals surface area contributed by atoms with Gasteiger partial charge in [0.25, 0.3) is 6.43 Å². The molecule has 1 rings (SSSR count). The molecule has 0 aliphatic carbocycles. The summed E-state index contributed by atoms with van der Waals surface area (Å²) in [6, 6.07) is 1.62. The molecule has 1 aromatic heterocycles. The lowest BCUT2D eigenvalue weighted by atomic mass is 10.1. The van der Waals surface area contributed by atoms with Gasteiger partial charge in [0.15, 0.2) is 5.82 Å². The van der Waals surface area contributed by atoms with Crippen molar-refractivity contribution in [3.63, 3.8) is 0 Å². The highest BCUT2D eigenvalue weighted by Gasteiger charge is 2.21. The van der Waals surface area contributed by atoms with E-state index in [9.17, 15) is 13.2 Å². The summed E-state index contributed by atoms with van der Waals surface area (Å²) in [5, 5.41) is 17.4. The van der Waals surface area contributed by atoms with Crippen molar-refractivity contribution in [3.8, 4) is 11.8 Å². The maximum absolute atomic E-state index is 12.7. The maximum Gasteiger partial charge on any atom is 0.270 e. The van der Waals surface area contributed by atoms with Gasteiger partial charge in [-0.1, -0.05) is 0 Å². The number of rotatable bonds is 2. The van der Waals surface area contributed by atoms with Crippen LogP contribution in [0.15, 0.2) is 6.20 Å². The first-order chi connectivity index (χ1) is 6.57. The average Bonchev–Trinajstić information content (AvgIpc) is 2.10. The van der Waals surface area contributed by atoms with E-state index in [1.54, 1.807) is 6.07 Å². The van der Waals surface area contributed by atoms with Gasteiger partial charge in [0.1, 0.15) is 5.75 Å². The molecule has 0 fully saturated rings. The number of hydrogen-bond donors (Lipinski definition) is 1. The Balaban J connectivity index is 3.28. The molecule has 0 spiro atoms. The first-order valence-corrected chi connectivity index (χ1v) is 3.59. The Morgan fingerprint density at radius 2 is 2.21 bits per heavy atom. The molecule has 6 heteroatoms. The summed E-state index contributed by atoms with van der Waals surface area (Å²) in [4.78, 5) is 3.33. The molecule has 1 N–H and O–H groups in total. The highest BCUT2D eigenvalue weighted by Crippen LogP contribution is 2.32. The van der Waals surface area contributed by atoms with Crippen molar-refractivity contribution in [2.45, 2.75) is 12.8 Å². The highest BCUT2D eigenvalue weighted by molar-refractivity contribution is 5.38. The molecule has 0 bridgehead atoms. The van der Waals surface area contributed by atoms with E-state index in [2.05, 4.69) is 4.98 Å². The number of halogens is 3. The van der Waals surface area contributed by atoms with E-state index in [1.165, 1.54) is 0 Å². The van der Waals surface area contributed by atoms with E-state index in [1.807, 2.05) is 0 Å². The molecule has 14 heavy (non-hydrogen) atoms. The number of hydrogen-bond acceptors (Lipinski definition) is 3. The van der Waals surface area contributed by atoms with Crippen molar-refractivity contribution in [1.29, 1.82) is 5.26 Å². The molecule has 0 unspecified atom stereocenters. The molecule has 0 amide bonds. The second-order valence-corrected chi connectivity index (χ2v) is 2.45. The van der Waals surface area contributed by atoms with Gasteiger partial charge in [0.2, 0.25) is 0 Å². The fourth-order valence-corrected chi connectivity index (χ4v) is 0.946. The number of nitrogens with zero attached hydrogens (tertiary/aromatic N) is 2. The first-order valence-electron chi connectivity index (χ1n) is 3.59. The summed E-state index contributed by atoms with van der Waals surface area (Å²) in [7, 11) is 0. The maximum atomic E-state index is 12.7. The van der Waals surface area contributed by atoms with E-state index in [-0.39, 0.29) is 12.1 Å². The summed E-state index contributed by atoms with van der Waals surface area (Å²) in [6.07, 6.45) is -2.91. The standard InChI is InChI=1S/C8H5F3N2O/c9-4-3-13-5(1-2-12)7(14)6(4)8(10)11/h3,8,14H,1H2. The van der Waals surface area contributed by atoms with E-state index in [0.717, 1.165) is 0 Å². The van der Waals surface area contributed by atoms with Gasteiger partial charge in [0.05, 0.1) is 29.9 Å². The lowest BCUT2D eigenvalue weighted by molar-refractivity contribution is 0.141. The zero-order valence-electron chi connectivity index (χ0n) is 6.84. The second kappa shape index (κ2) is 3.96. The van der Waals surface area contributed by atoms with Crippen molar-refractivity contribution in [2.75, 3.05) is 0 Å². The van der Waals surface area contributed by atoms with Crippen molar-refractivity contribution < 1.29 is 18.3 Å². The van der Waals surface area contributed by atoms with Crippen molar-refractivity contribution in [1.82, 2.24) is 4.98 Å². The van der Waals surface area contributed by atoms with Crippen LogP contribution in [-0.2, 0) is 6.42 Å². The van der Waals surface area contributed by atoms with Crippen LogP contribution in [0.4, 0.5) is 13.2 Å². The topological polar surface area (TPSA) is 56.9 Å². The van der Waals surface area contributed by atoms with Crippen LogP contribution in [0.1, 0.15) is 17.7 Å². The van der Waals surface area contributed by atoms with Gasteiger partial charge in [0, 0.05) is 0 Å². The fraction of sp³-hybridized carbons (Fsp3) is 0.250. The zero-order chi connectivity index (χ0) is 10.7. The van der Waals surface area contributed by atoms with Gasteiger partial charge in [-0.25, -0.2) is 13.2 Å². The van der Waals surface area contributed by atoms with Crippen LogP contribution in [0, 0.1) is 17.1 Å². The number of aromatic nitrogens is 1. The fourth-order valence-electron chi connectivity index (χ4n) is 0.946. The number of aromatic hydroxyl groups is 1. The molecule has 3 nitrogen and oxygen atoms in total. The van der Waals surface area contributed by atoms with E-state index >= 15 is 0 Å². The van der Waals surface area contributed by atoms with Crippen LogP contribution < -0.4 is 0 Å². The third kappa shape index (κ3) is 1.76. The molecule has 0 saturated heterocycles. The largest absolute Gasteiger partial charge is 0.505 e. The molecule has 74 valence electrons. The summed E-state index contributed by atoms with van der Waals surface area (Å²) in [5.41, 5.74) is -1.35. The van der Waals surface area contributed by atoms with Gasteiger partial charge in [-0.3, -0.25) is 4.98 Å². The number of alkyl halides is 2. The van der Waals surface area contributed by atoms with Crippen molar-refractivity contribution >= 4 is 0 Å². The van der Waals surface area contributed by atoms with Crippen LogP contribution in [0.25, 0.3) is 0 Å². The Labute approximate surface area is 77.4 Å². The third-order valence-electron chi connectivity index (χ3n) is 1.58. The zero-order valence-corrected chi connectivity index (χ0v) is 6.84. The van der Waals surface area contributed by atoms with Gasteiger partial charge >= 0.3 is 0 Å². The molecule has 0 atom stereocenters. The van der Waals surface area contributed by atoms with Gasteiger partial charge in [-0.15, -0.1) is 0 Å². The van der Waals surface area contributed by atoms with Crippen LogP contribution in [0.2, 0.25) is 0 Å². The predicted molar refractivity (Wildman–Crippen MR) is 40.1 cm³/mol. The molecule has 0 aromatic carbocycles. The van der Waals surface area contributed by atoms with Gasteiger partial charge < -0.3 is 5.11 Å².